The van der Waals surface area contributed by atoms with Gasteiger partial charge in [0.2, 0.25) is 0 Å². The molecule has 0 aliphatic heterocycles. The summed E-state index contributed by atoms with van der Waals surface area (Å²) in [6.45, 7) is 13.7. The van der Waals surface area contributed by atoms with Crippen LogP contribution in [0.15, 0.2) is 29.3 Å². The molecule has 0 amide bonds. The van der Waals surface area contributed by atoms with Crippen LogP contribution >= 0.6 is 24.0 Å². The van der Waals surface area contributed by atoms with Crippen LogP contribution in [0.2, 0.25) is 0 Å². The molecule has 1 aromatic carbocycles. The SMILES string of the molecule is CCNC(=NCC(O)c1ccc(OC(C)C)cc1)NCCCOCC(C)C.I. The first-order valence-corrected chi connectivity index (χ1v) is 9.97. The van der Waals surface area contributed by atoms with E-state index < -0.39 is 6.10 Å². The normalized spacial score (nSPS) is 12.6. The minimum atomic E-state index is -0.650. The minimum Gasteiger partial charge on any atom is -0.491 e. The number of aliphatic hydroxyl groups excluding tert-OH is 1. The molecule has 6 nitrogen and oxygen atoms in total. The van der Waals surface area contributed by atoms with Crippen LogP contribution in [-0.4, -0.2) is 50.0 Å². The quantitative estimate of drug-likeness (QED) is 0.174. The van der Waals surface area contributed by atoms with Crippen molar-refractivity contribution in [3.63, 3.8) is 0 Å². The summed E-state index contributed by atoms with van der Waals surface area (Å²) in [4.78, 5) is 4.48. The molecule has 0 aliphatic carbocycles. The number of aliphatic hydroxyl groups is 1. The first-order chi connectivity index (χ1) is 12.9. The lowest BCUT2D eigenvalue weighted by molar-refractivity contribution is 0.108. The largest absolute Gasteiger partial charge is 0.491 e. The molecule has 0 radical (unpaired) electrons. The van der Waals surface area contributed by atoms with Crippen LogP contribution in [0.4, 0.5) is 0 Å². The molecular weight excluding hydrogens is 469 g/mol. The molecule has 0 saturated heterocycles. The number of benzene rings is 1. The third-order valence-corrected chi connectivity index (χ3v) is 3.61. The number of hydrogen-bond acceptors (Lipinski definition) is 4. The lowest BCUT2D eigenvalue weighted by Crippen LogP contribution is -2.38. The highest BCUT2D eigenvalue weighted by atomic mass is 127. The van der Waals surface area contributed by atoms with Crippen LogP contribution in [-0.2, 0) is 4.74 Å². The Balaban J connectivity index is 0.00000729. The van der Waals surface area contributed by atoms with Crippen LogP contribution in [0, 0.1) is 5.92 Å². The molecule has 3 N–H and O–H groups in total. The van der Waals surface area contributed by atoms with E-state index in [-0.39, 0.29) is 30.1 Å². The van der Waals surface area contributed by atoms with E-state index in [2.05, 4.69) is 29.5 Å². The molecule has 0 spiro atoms. The van der Waals surface area contributed by atoms with Gasteiger partial charge in [0.1, 0.15) is 5.75 Å². The molecule has 1 unspecified atom stereocenters. The topological polar surface area (TPSA) is 75.1 Å². The van der Waals surface area contributed by atoms with E-state index in [0.29, 0.717) is 18.4 Å². The van der Waals surface area contributed by atoms with Gasteiger partial charge in [-0.25, -0.2) is 0 Å². The molecule has 0 heterocycles. The molecule has 7 heteroatoms. The fourth-order valence-electron chi connectivity index (χ4n) is 2.37. The van der Waals surface area contributed by atoms with Gasteiger partial charge in [0.15, 0.2) is 5.96 Å². The number of hydrogen-bond donors (Lipinski definition) is 3. The van der Waals surface area contributed by atoms with Gasteiger partial charge < -0.3 is 25.2 Å². The van der Waals surface area contributed by atoms with E-state index in [0.717, 1.165) is 44.0 Å². The number of rotatable bonds is 12. The zero-order chi connectivity index (χ0) is 20.1. The molecule has 0 aliphatic rings. The average Bonchev–Trinajstić information content (AvgIpc) is 2.62. The van der Waals surface area contributed by atoms with Crippen LogP contribution in [0.25, 0.3) is 0 Å². The van der Waals surface area contributed by atoms with Gasteiger partial charge in [-0.15, -0.1) is 24.0 Å². The van der Waals surface area contributed by atoms with Gasteiger partial charge in [0.25, 0.3) is 0 Å². The predicted octanol–water partition coefficient (Wildman–Crippen LogP) is 3.74. The fraction of sp³-hybridized carbons (Fsp3) is 0.667. The second-order valence-electron chi connectivity index (χ2n) is 7.22. The maximum atomic E-state index is 10.4. The van der Waals surface area contributed by atoms with Gasteiger partial charge in [-0.3, -0.25) is 4.99 Å². The van der Waals surface area contributed by atoms with E-state index in [1.54, 1.807) is 0 Å². The van der Waals surface area contributed by atoms with Crippen molar-refractivity contribution in [3.8, 4) is 5.75 Å². The van der Waals surface area contributed by atoms with E-state index in [1.165, 1.54) is 0 Å². The van der Waals surface area contributed by atoms with Crippen molar-refractivity contribution in [2.45, 2.75) is 53.2 Å². The second kappa shape index (κ2) is 15.8. The van der Waals surface area contributed by atoms with Crippen LogP contribution < -0.4 is 15.4 Å². The summed E-state index contributed by atoms with van der Waals surface area (Å²) in [5.74, 6) is 2.07. The maximum absolute atomic E-state index is 10.4. The molecule has 162 valence electrons. The molecule has 0 bridgehead atoms. The zero-order valence-electron chi connectivity index (χ0n) is 17.9. The molecular formula is C21H38IN3O3. The van der Waals surface area contributed by atoms with E-state index in [1.807, 2.05) is 45.0 Å². The Hall–Kier alpha value is -1.06. The Morgan fingerprint density at radius 1 is 1.11 bits per heavy atom. The highest BCUT2D eigenvalue weighted by molar-refractivity contribution is 14.0. The van der Waals surface area contributed by atoms with Gasteiger partial charge in [-0.1, -0.05) is 26.0 Å². The fourth-order valence-corrected chi connectivity index (χ4v) is 2.37. The van der Waals surface area contributed by atoms with Crippen molar-refractivity contribution < 1.29 is 14.6 Å². The van der Waals surface area contributed by atoms with Gasteiger partial charge in [-0.2, -0.15) is 0 Å². The highest BCUT2D eigenvalue weighted by Crippen LogP contribution is 2.19. The molecule has 1 aromatic rings. The number of ether oxygens (including phenoxy) is 2. The Morgan fingerprint density at radius 2 is 1.79 bits per heavy atom. The second-order valence-corrected chi connectivity index (χ2v) is 7.22. The Labute approximate surface area is 187 Å². The van der Waals surface area contributed by atoms with Crippen LogP contribution in [0.1, 0.15) is 52.7 Å². The number of nitrogens with zero attached hydrogens (tertiary/aromatic N) is 1. The van der Waals surface area contributed by atoms with Crippen molar-refractivity contribution in [1.29, 1.82) is 0 Å². The van der Waals surface area contributed by atoms with Crippen molar-refractivity contribution in [3.05, 3.63) is 29.8 Å². The first kappa shape index (κ1) is 26.9. The first-order valence-electron chi connectivity index (χ1n) is 9.97. The standard InChI is InChI=1S/C21H37N3O3.HI/c1-6-22-21(23-12-7-13-26-15-16(2)3)24-14-20(25)18-8-10-19(11-9-18)27-17(4)5;/h8-11,16-17,20,25H,6-7,12-15H2,1-5H3,(H2,22,23,24);1H. The summed E-state index contributed by atoms with van der Waals surface area (Å²) in [7, 11) is 0. The maximum Gasteiger partial charge on any atom is 0.191 e. The van der Waals surface area contributed by atoms with Crippen molar-refractivity contribution in [2.75, 3.05) is 32.8 Å². The van der Waals surface area contributed by atoms with E-state index in [4.69, 9.17) is 9.47 Å². The molecule has 1 rings (SSSR count). The minimum absolute atomic E-state index is 0. The van der Waals surface area contributed by atoms with Crippen molar-refractivity contribution in [1.82, 2.24) is 10.6 Å². The summed E-state index contributed by atoms with van der Waals surface area (Å²) >= 11 is 0. The number of aliphatic imine (C=N–C) groups is 1. The molecule has 0 fully saturated rings. The number of nitrogens with one attached hydrogen (secondary N) is 2. The molecule has 0 aromatic heterocycles. The van der Waals surface area contributed by atoms with Gasteiger partial charge >= 0.3 is 0 Å². The highest BCUT2D eigenvalue weighted by Gasteiger charge is 2.08. The molecule has 1 atom stereocenters. The smallest absolute Gasteiger partial charge is 0.191 e. The number of halogens is 1. The predicted molar refractivity (Wildman–Crippen MR) is 127 cm³/mol. The van der Waals surface area contributed by atoms with Gasteiger partial charge in [0.05, 0.1) is 18.8 Å². The molecule has 0 saturated carbocycles. The monoisotopic (exact) mass is 507 g/mol. The Kier molecular flexibility index (Phi) is 15.2. The summed E-state index contributed by atoms with van der Waals surface area (Å²) in [6, 6.07) is 7.51. The third kappa shape index (κ3) is 12.4. The van der Waals surface area contributed by atoms with Crippen molar-refractivity contribution >= 4 is 29.9 Å². The average molecular weight is 507 g/mol. The van der Waals surface area contributed by atoms with Crippen molar-refractivity contribution in [2.24, 2.45) is 10.9 Å². The lowest BCUT2D eigenvalue weighted by atomic mass is 10.1. The van der Waals surface area contributed by atoms with Gasteiger partial charge in [0, 0.05) is 26.3 Å². The summed E-state index contributed by atoms with van der Waals surface area (Å²) in [6.07, 6.45) is 0.398. The Bertz CT molecular complexity index is 536. The van der Waals surface area contributed by atoms with E-state index in [9.17, 15) is 5.11 Å². The third-order valence-electron chi connectivity index (χ3n) is 3.61. The Morgan fingerprint density at radius 3 is 2.36 bits per heavy atom. The zero-order valence-corrected chi connectivity index (χ0v) is 20.2. The lowest BCUT2D eigenvalue weighted by Gasteiger charge is -2.14. The summed E-state index contributed by atoms with van der Waals surface area (Å²) in [5.41, 5.74) is 0.827. The number of guanidine groups is 1. The van der Waals surface area contributed by atoms with Crippen LogP contribution in [0.5, 0.6) is 5.75 Å². The van der Waals surface area contributed by atoms with E-state index >= 15 is 0 Å². The van der Waals surface area contributed by atoms with Crippen LogP contribution in [0.3, 0.4) is 0 Å². The van der Waals surface area contributed by atoms with Gasteiger partial charge in [-0.05, 0) is 50.8 Å². The molecule has 28 heavy (non-hydrogen) atoms. The summed E-state index contributed by atoms with van der Waals surface area (Å²) in [5, 5.41) is 16.9. The summed E-state index contributed by atoms with van der Waals surface area (Å²) < 4.78 is 11.2.